The van der Waals surface area contributed by atoms with Crippen LogP contribution in [0.15, 0.2) is 85.1 Å². The number of carbonyl (C=O) groups is 2. The Kier molecular flexibility index (Phi) is 31.2. The van der Waals surface area contributed by atoms with Crippen molar-refractivity contribution in [2.45, 2.75) is 123 Å². The number of rotatable bonds is 30. The van der Waals surface area contributed by atoms with Crippen LogP contribution >= 0.6 is 7.82 Å². The Labute approximate surface area is 285 Å². The molecule has 0 heterocycles. The number of phosphoric acid groups is 1. The average molecular weight is 677 g/mol. The van der Waals surface area contributed by atoms with Crippen molar-refractivity contribution in [3.8, 4) is 0 Å². The first-order valence-electron chi connectivity index (χ1n) is 17.3. The Morgan fingerprint density at radius 2 is 1.02 bits per heavy atom. The summed E-state index contributed by atoms with van der Waals surface area (Å²) in [6.07, 6.45) is 42.1. The lowest BCUT2D eigenvalue weighted by molar-refractivity contribution is -0.161. The average Bonchev–Trinajstić information content (AvgIpc) is 3.06. The van der Waals surface area contributed by atoms with Gasteiger partial charge in [-0.1, -0.05) is 105 Å². The summed E-state index contributed by atoms with van der Waals surface area (Å²) >= 11 is 0. The molecule has 0 radical (unpaired) electrons. The first-order valence-corrected chi connectivity index (χ1v) is 18.8. The Hall–Kier alpha value is -2.77. The van der Waals surface area contributed by atoms with Gasteiger partial charge in [0.1, 0.15) is 6.61 Å². The molecule has 266 valence electrons. The lowest BCUT2D eigenvalue weighted by Gasteiger charge is -2.19. The fraction of sp³-hybridized carbons (Fsp3) is 0.579. The van der Waals surface area contributed by atoms with Crippen LogP contribution in [-0.2, 0) is 32.7 Å². The molecule has 0 aliphatic carbocycles. The highest BCUT2D eigenvalue weighted by molar-refractivity contribution is 7.47. The zero-order chi connectivity index (χ0) is 34.7. The second kappa shape index (κ2) is 33.1. The van der Waals surface area contributed by atoms with Gasteiger partial charge < -0.3 is 14.4 Å². The molecule has 2 unspecified atom stereocenters. The molecule has 0 bridgehead atoms. The summed E-state index contributed by atoms with van der Waals surface area (Å²) in [7, 11) is -3.24. The highest BCUT2D eigenvalue weighted by Crippen LogP contribution is 2.42. The number of hydrogen-bond donors (Lipinski definition) is 1. The monoisotopic (exact) mass is 676 g/mol. The van der Waals surface area contributed by atoms with Gasteiger partial charge in [0, 0.05) is 20.0 Å². The Balaban J connectivity index is 4.26. The maximum Gasteiger partial charge on any atom is 0.472 e. The van der Waals surface area contributed by atoms with Gasteiger partial charge in [-0.05, 0) is 83.5 Å². The molecule has 0 aliphatic rings. The smallest absolute Gasteiger partial charge is 0.462 e. The highest BCUT2D eigenvalue weighted by Gasteiger charge is 2.24. The van der Waals surface area contributed by atoms with Crippen molar-refractivity contribution < 1.29 is 37.6 Å². The van der Waals surface area contributed by atoms with Crippen molar-refractivity contribution in [1.29, 1.82) is 0 Å². The third kappa shape index (κ3) is 32.9. The number of phosphoric ester groups is 1. The topological polar surface area (TPSA) is 108 Å². The van der Waals surface area contributed by atoms with Gasteiger partial charge in [0.05, 0.1) is 6.61 Å². The SMILES string of the molecule is CC/C=C\C/C=C\C/C=C\C/C=C\CCCCC(=O)OC(COC(=O)CCCCC/C=C\C/C=C\C/C=C\CC)COP(=O)(O)OC. The van der Waals surface area contributed by atoms with Gasteiger partial charge in [-0.2, -0.15) is 0 Å². The number of allylic oxidation sites excluding steroid dienone is 14. The second-order valence-electron chi connectivity index (χ2n) is 10.9. The van der Waals surface area contributed by atoms with Crippen LogP contribution < -0.4 is 0 Å². The molecule has 0 amide bonds. The number of ether oxygens (including phenoxy) is 2. The minimum atomic E-state index is -4.28. The summed E-state index contributed by atoms with van der Waals surface area (Å²) < 4.78 is 31.7. The van der Waals surface area contributed by atoms with E-state index < -0.39 is 32.5 Å². The second-order valence-corrected chi connectivity index (χ2v) is 12.4. The first-order chi connectivity index (χ1) is 22.8. The maximum atomic E-state index is 12.4. The Morgan fingerprint density at radius 1 is 0.596 bits per heavy atom. The Bertz CT molecular complexity index is 1040. The molecule has 0 aliphatic heterocycles. The van der Waals surface area contributed by atoms with E-state index in [1.807, 2.05) is 0 Å². The normalized spacial score (nSPS) is 14.6. The van der Waals surface area contributed by atoms with Crippen LogP contribution in [0.1, 0.15) is 117 Å². The van der Waals surface area contributed by atoms with Gasteiger partial charge in [-0.25, -0.2) is 4.57 Å². The van der Waals surface area contributed by atoms with E-state index in [2.05, 4.69) is 103 Å². The van der Waals surface area contributed by atoms with E-state index >= 15 is 0 Å². The van der Waals surface area contributed by atoms with Crippen molar-refractivity contribution in [1.82, 2.24) is 0 Å². The molecule has 8 nitrogen and oxygen atoms in total. The molecule has 0 aromatic rings. The quantitative estimate of drug-likeness (QED) is 0.0347. The zero-order valence-corrected chi connectivity index (χ0v) is 30.0. The van der Waals surface area contributed by atoms with Crippen LogP contribution in [0.2, 0.25) is 0 Å². The zero-order valence-electron chi connectivity index (χ0n) is 29.1. The van der Waals surface area contributed by atoms with Crippen LogP contribution in [0, 0.1) is 0 Å². The largest absolute Gasteiger partial charge is 0.472 e. The lowest BCUT2D eigenvalue weighted by atomic mass is 10.1. The lowest BCUT2D eigenvalue weighted by Crippen LogP contribution is -2.29. The van der Waals surface area contributed by atoms with Crippen LogP contribution in [0.5, 0.6) is 0 Å². The van der Waals surface area contributed by atoms with Gasteiger partial charge in [-0.15, -0.1) is 0 Å². The van der Waals surface area contributed by atoms with E-state index in [9.17, 15) is 19.0 Å². The molecule has 47 heavy (non-hydrogen) atoms. The summed E-state index contributed by atoms with van der Waals surface area (Å²) in [5.74, 6) is -0.900. The molecule has 0 saturated heterocycles. The van der Waals surface area contributed by atoms with Gasteiger partial charge in [-0.3, -0.25) is 18.6 Å². The van der Waals surface area contributed by atoms with Crippen LogP contribution in [0.3, 0.4) is 0 Å². The predicted octanol–water partition coefficient (Wildman–Crippen LogP) is 10.4. The van der Waals surface area contributed by atoms with E-state index in [1.165, 1.54) is 0 Å². The van der Waals surface area contributed by atoms with Crippen molar-refractivity contribution in [2.24, 2.45) is 0 Å². The summed E-state index contributed by atoms with van der Waals surface area (Å²) in [5.41, 5.74) is 0. The van der Waals surface area contributed by atoms with Crippen molar-refractivity contribution in [2.75, 3.05) is 20.3 Å². The minimum absolute atomic E-state index is 0.181. The third-order valence-corrected chi connectivity index (χ3v) is 7.57. The number of carbonyl (C=O) groups excluding carboxylic acids is 2. The minimum Gasteiger partial charge on any atom is -0.462 e. The van der Waals surface area contributed by atoms with Crippen LogP contribution in [0.4, 0.5) is 0 Å². The fourth-order valence-corrected chi connectivity index (χ4v) is 4.47. The van der Waals surface area contributed by atoms with Crippen molar-refractivity contribution >= 4 is 19.8 Å². The van der Waals surface area contributed by atoms with E-state index in [0.717, 1.165) is 84.2 Å². The molecule has 0 saturated carbocycles. The molecular formula is C38H61O8P. The molecule has 0 spiro atoms. The standard InChI is InChI=1S/C38H61O8P/c1-4-6-8-10-12-14-16-18-19-21-23-25-27-29-31-33-38(40)46-36(35-45-47(41,42)43-3)34-44-37(39)32-30-28-26-24-22-20-17-15-13-11-9-7-5-2/h6-9,12-15,18-20,22-23,25,36H,4-5,10-11,16-17,21,24,26-35H2,1-3H3,(H,41,42)/b8-6-,9-7-,14-12-,15-13-,19-18-,22-20-,25-23-. The fourth-order valence-electron chi connectivity index (χ4n) is 4.01. The maximum absolute atomic E-state index is 12.4. The van der Waals surface area contributed by atoms with Gasteiger partial charge in [0.25, 0.3) is 0 Å². The molecule has 1 N–H and O–H groups in total. The molecule has 0 rings (SSSR count). The van der Waals surface area contributed by atoms with Crippen LogP contribution in [-0.4, -0.2) is 43.3 Å². The van der Waals surface area contributed by atoms with Gasteiger partial charge >= 0.3 is 19.8 Å². The molecular weight excluding hydrogens is 615 g/mol. The summed E-state index contributed by atoms with van der Waals surface area (Å²) in [4.78, 5) is 34.2. The van der Waals surface area contributed by atoms with E-state index in [0.29, 0.717) is 12.8 Å². The predicted molar refractivity (Wildman–Crippen MR) is 193 cm³/mol. The summed E-state index contributed by atoms with van der Waals surface area (Å²) in [6, 6.07) is 0. The summed E-state index contributed by atoms with van der Waals surface area (Å²) in [6.45, 7) is 3.56. The molecule has 0 fully saturated rings. The summed E-state index contributed by atoms with van der Waals surface area (Å²) in [5, 5.41) is 0. The first kappa shape index (κ1) is 44.2. The van der Waals surface area contributed by atoms with Crippen LogP contribution in [0.25, 0.3) is 0 Å². The number of unbranched alkanes of at least 4 members (excludes halogenated alkanes) is 5. The van der Waals surface area contributed by atoms with Gasteiger partial charge in [0.15, 0.2) is 6.10 Å². The van der Waals surface area contributed by atoms with Crippen molar-refractivity contribution in [3.63, 3.8) is 0 Å². The Morgan fingerprint density at radius 3 is 1.51 bits per heavy atom. The third-order valence-electron chi connectivity index (χ3n) is 6.63. The molecule has 9 heteroatoms. The van der Waals surface area contributed by atoms with Crippen molar-refractivity contribution in [3.05, 3.63) is 85.1 Å². The number of hydrogen-bond acceptors (Lipinski definition) is 7. The molecule has 0 aromatic carbocycles. The highest BCUT2D eigenvalue weighted by atomic mass is 31.2. The van der Waals surface area contributed by atoms with E-state index in [1.54, 1.807) is 0 Å². The molecule has 2 atom stereocenters. The van der Waals surface area contributed by atoms with E-state index in [-0.39, 0.29) is 19.4 Å². The number of esters is 2. The van der Waals surface area contributed by atoms with Gasteiger partial charge in [0.2, 0.25) is 0 Å². The van der Waals surface area contributed by atoms with E-state index in [4.69, 9.17) is 14.0 Å². The molecule has 0 aromatic heterocycles.